The molecule has 0 bridgehead atoms. The lowest BCUT2D eigenvalue weighted by Crippen LogP contribution is -2.46. The van der Waals surface area contributed by atoms with E-state index in [2.05, 4.69) is 9.44 Å². The molecule has 0 fully saturated rings. The molecule has 0 aromatic rings. The van der Waals surface area contributed by atoms with E-state index in [0.29, 0.717) is 0 Å². The van der Waals surface area contributed by atoms with Crippen LogP contribution >= 0.6 is 12.4 Å². The van der Waals surface area contributed by atoms with Gasteiger partial charge in [0.25, 0.3) is 0 Å². The molecule has 0 saturated heterocycles. The Kier molecular flexibility index (Phi) is 8.62. The molecule has 0 rings (SSSR count). The number of hydrogen-bond acceptors (Lipinski definition) is 5. The van der Waals surface area contributed by atoms with Crippen LogP contribution in [0.15, 0.2) is 0 Å². The van der Waals surface area contributed by atoms with Crippen LogP contribution in [-0.4, -0.2) is 47.0 Å². The molecule has 0 heterocycles. The quantitative estimate of drug-likeness (QED) is 0.529. The van der Waals surface area contributed by atoms with Crippen molar-refractivity contribution in [2.45, 2.75) is 26.3 Å². The summed E-state index contributed by atoms with van der Waals surface area (Å²) in [4.78, 5) is 0. The standard InChI is InChI=1S/C8H21N3O4S2.ClH/c1-4-16(12,13)10-5-6-17(14,15)11-7-8(2,3)9;/h10-11H,4-7,9H2,1-3H3;1H. The first-order valence-corrected chi connectivity index (χ1v) is 8.51. The molecular weight excluding hydrogens is 302 g/mol. The van der Waals surface area contributed by atoms with E-state index in [9.17, 15) is 16.8 Å². The molecule has 0 aliphatic rings. The van der Waals surface area contributed by atoms with Gasteiger partial charge in [0.1, 0.15) is 0 Å². The first kappa shape index (κ1) is 20.4. The SMILES string of the molecule is CCS(=O)(=O)NCCS(=O)(=O)NCC(C)(C)N.Cl. The summed E-state index contributed by atoms with van der Waals surface area (Å²) in [5, 5.41) is 0. The van der Waals surface area contributed by atoms with Crippen LogP contribution in [0.5, 0.6) is 0 Å². The number of nitrogens with one attached hydrogen (secondary N) is 2. The van der Waals surface area contributed by atoms with Crippen molar-refractivity contribution in [3.05, 3.63) is 0 Å². The summed E-state index contributed by atoms with van der Waals surface area (Å²) in [6, 6.07) is 0. The minimum atomic E-state index is -3.50. The highest BCUT2D eigenvalue weighted by Gasteiger charge is 2.17. The molecule has 0 atom stereocenters. The van der Waals surface area contributed by atoms with Gasteiger partial charge in [-0.05, 0) is 20.8 Å². The zero-order valence-corrected chi connectivity index (χ0v) is 13.2. The van der Waals surface area contributed by atoms with Crippen molar-refractivity contribution in [3.8, 4) is 0 Å². The summed E-state index contributed by atoms with van der Waals surface area (Å²) in [5.74, 6) is -0.376. The van der Waals surface area contributed by atoms with Crippen LogP contribution in [0.25, 0.3) is 0 Å². The van der Waals surface area contributed by atoms with Gasteiger partial charge in [-0.2, -0.15) is 0 Å². The largest absolute Gasteiger partial charge is 0.324 e. The Balaban J connectivity index is 0. The van der Waals surface area contributed by atoms with E-state index in [1.54, 1.807) is 13.8 Å². The van der Waals surface area contributed by atoms with Crippen LogP contribution in [0.1, 0.15) is 20.8 Å². The van der Waals surface area contributed by atoms with Gasteiger partial charge < -0.3 is 5.73 Å². The van der Waals surface area contributed by atoms with Gasteiger partial charge in [-0.1, -0.05) is 0 Å². The first-order chi connectivity index (χ1) is 7.47. The Labute approximate surface area is 115 Å². The molecule has 0 amide bonds. The van der Waals surface area contributed by atoms with Crippen molar-refractivity contribution in [1.82, 2.24) is 9.44 Å². The monoisotopic (exact) mass is 323 g/mol. The third-order valence-corrected chi connectivity index (χ3v) is 4.55. The Morgan fingerprint density at radius 2 is 1.56 bits per heavy atom. The van der Waals surface area contributed by atoms with Crippen LogP contribution in [0, 0.1) is 0 Å². The molecular formula is C8H22ClN3O4S2. The molecule has 7 nitrogen and oxygen atoms in total. The molecule has 4 N–H and O–H groups in total. The van der Waals surface area contributed by atoms with Crippen molar-refractivity contribution >= 4 is 32.5 Å². The van der Waals surface area contributed by atoms with Gasteiger partial charge in [0.2, 0.25) is 20.0 Å². The molecule has 0 radical (unpaired) electrons. The van der Waals surface area contributed by atoms with Crippen molar-refractivity contribution in [3.63, 3.8) is 0 Å². The first-order valence-electron chi connectivity index (χ1n) is 5.21. The fourth-order valence-electron chi connectivity index (χ4n) is 0.802. The molecule has 10 heteroatoms. The minimum absolute atomic E-state index is 0. The Bertz CT molecular complexity index is 428. The van der Waals surface area contributed by atoms with Gasteiger partial charge in [0.15, 0.2) is 0 Å². The summed E-state index contributed by atoms with van der Waals surface area (Å²) in [6.07, 6.45) is 0. The highest BCUT2D eigenvalue weighted by Crippen LogP contribution is 1.95. The van der Waals surface area contributed by atoms with E-state index in [4.69, 9.17) is 5.73 Å². The molecule has 112 valence electrons. The number of sulfonamides is 2. The Morgan fingerprint density at radius 3 is 1.94 bits per heavy atom. The summed E-state index contributed by atoms with van der Waals surface area (Å²) in [7, 11) is -6.85. The number of rotatable bonds is 8. The summed E-state index contributed by atoms with van der Waals surface area (Å²) < 4.78 is 49.5. The Morgan fingerprint density at radius 1 is 1.06 bits per heavy atom. The maximum Gasteiger partial charge on any atom is 0.212 e. The van der Waals surface area contributed by atoms with Crippen LogP contribution < -0.4 is 15.2 Å². The average molecular weight is 324 g/mol. The normalized spacial score (nSPS) is 13.1. The lowest BCUT2D eigenvalue weighted by atomic mass is 10.1. The lowest BCUT2D eigenvalue weighted by molar-refractivity contribution is 0.497. The highest BCUT2D eigenvalue weighted by atomic mass is 35.5. The molecule has 0 aliphatic heterocycles. The molecule has 18 heavy (non-hydrogen) atoms. The van der Waals surface area contributed by atoms with Crippen LogP contribution in [-0.2, 0) is 20.0 Å². The minimum Gasteiger partial charge on any atom is -0.324 e. The maximum atomic E-state index is 11.4. The van der Waals surface area contributed by atoms with E-state index in [-0.39, 0.29) is 37.0 Å². The number of nitrogens with two attached hydrogens (primary N) is 1. The predicted octanol–water partition coefficient (Wildman–Crippen LogP) is -0.996. The van der Waals surface area contributed by atoms with Gasteiger partial charge in [-0.25, -0.2) is 26.3 Å². The molecule has 0 unspecified atom stereocenters. The second-order valence-electron chi connectivity index (χ2n) is 4.43. The molecule has 0 saturated carbocycles. The third kappa shape index (κ3) is 11.2. The van der Waals surface area contributed by atoms with Gasteiger partial charge in [0, 0.05) is 18.6 Å². The Hall–Kier alpha value is 0.0700. The van der Waals surface area contributed by atoms with E-state index >= 15 is 0 Å². The van der Waals surface area contributed by atoms with E-state index in [0.717, 1.165) is 0 Å². The lowest BCUT2D eigenvalue weighted by Gasteiger charge is -2.18. The molecule has 0 aromatic heterocycles. The zero-order valence-electron chi connectivity index (χ0n) is 10.8. The van der Waals surface area contributed by atoms with Gasteiger partial charge in [-0.15, -0.1) is 12.4 Å². The summed E-state index contributed by atoms with van der Waals surface area (Å²) >= 11 is 0. The van der Waals surface area contributed by atoms with Crippen molar-refractivity contribution < 1.29 is 16.8 Å². The number of halogens is 1. The van der Waals surface area contributed by atoms with E-state index < -0.39 is 25.6 Å². The van der Waals surface area contributed by atoms with Crippen LogP contribution in [0.3, 0.4) is 0 Å². The van der Waals surface area contributed by atoms with Crippen molar-refractivity contribution in [1.29, 1.82) is 0 Å². The van der Waals surface area contributed by atoms with Crippen molar-refractivity contribution in [2.75, 3.05) is 24.6 Å². The second kappa shape index (κ2) is 7.61. The fraction of sp³-hybridized carbons (Fsp3) is 1.00. The maximum absolute atomic E-state index is 11.4. The fourth-order valence-corrected chi connectivity index (χ4v) is 2.66. The van der Waals surface area contributed by atoms with Crippen LogP contribution in [0.2, 0.25) is 0 Å². The zero-order chi connectivity index (χ0) is 13.7. The van der Waals surface area contributed by atoms with Crippen LogP contribution in [0.4, 0.5) is 0 Å². The molecule has 0 aliphatic carbocycles. The van der Waals surface area contributed by atoms with Gasteiger partial charge in [0.05, 0.1) is 11.5 Å². The van der Waals surface area contributed by atoms with Gasteiger partial charge >= 0.3 is 0 Å². The van der Waals surface area contributed by atoms with Crippen molar-refractivity contribution in [2.24, 2.45) is 5.73 Å². The molecule has 0 aromatic carbocycles. The topological polar surface area (TPSA) is 118 Å². The highest BCUT2D eigenvalue weighted by molar-refractivity contribution is 7.90. The third-order valence-electron chi connectivity index (χ3n) is 1.82. The summed E-state index contributed by atoms with van der Waals surface area (Å²) in [5.41, 5.74) is 4.98. The average Bonchev–Trinajstić information content (AvgIpc) is 2.13. The number of hydrogen-bond donors (Lipinski definition) is 3. The second-order valence-corrected chi connectivity index (χ2v) is 8.45. The van der Waals surface area contributed by atoms with Gasteiger partial charge in [-0.3, -0.25) is 0 Å². The molecule has 0 spiro atoms. The predicted molar refractivity (Wildman–Crippen MR) is 74.8 cm³/mol. The smallest absolute Gasteiger partial charge is 0.212 e. The van der Waals surface area contributed by atoms with E-state index in [1.165, 1.54) is 6.92 Å². The van der Waals surface area contributed by atoms with E-state index in [1.807, 2.05) is 0 Å². The summed E-state index contributed by atoms with van der Waals surface area (Å²) in [6.45, 7) is 4.82.